The van der Waals surface area contributed by atoms with E-state index in [0.29, 0.717) is 64.0 Å². The number of amides is 1. The predicted molar refractivity (Wildman–Crippen MR) is 400 cm³/mol. The molecule has 17 nitrogen and oxygen atoms in total. The van der Waals surface area contributed by atoms with Crippen LogP contribution in [0.2, 0.25) is 25.1 Å². The summed E-state index contributed by atoms with van der Waals surface area (Å²) in [5.74, 6) is 0.794. The van der Waals surface area contributed by atoms with Crippen molar-refractivity contribution in [3.8, 4) is 21.1 Å². The fourth-order valence-electron chi connectivity index (χ4n) is 13.6. The van der Waals surface area contributed by atoms with Gasteiger partial charge in [-0.15, -0.1) is 11.3 Å². The van der Waals surface area contributed by atoms with Crippen LogP contribution in [0, 0.1) is 13.8 Å². The molecule has 0 spiro atoms. The lowest BCUT2D eigenvalue weighted by Crippen LogP contribution is -2.36. The Morgan fingerprint density at radius 1 is 0.450 bits per heavy atom. The molecule has 3 aliphatic carbocycles. The number of hydrogen-bond donors (Lipinski definition) is 1. The smallest absolute Gasteiger partial charge is 0.225 e. The standard InChI is InChI=1S/C21H17ClN4OS.C21H16ClN3OS.C16H14Cl2N2O2S.C16H15ClN2O2S/c1-12-18(16-4-2-3-11-26(16)25-12)20-24-19-15(13-5-7-14(22)8-6-13)9-10-17(27)23-21(19)28-20;1-12-18(16-4-2-3-11-25(16)24-12)21-23-19-15(9-10-17(26)20(19)27-21)13-5-7-14(22)8-6-13;17-11-2-1-9(7-12(11)18)10-8-13(21)15-14(10)19-16(23-15)20-3-5-22-6-4-20;17-11-3-1-10(2-4-11)12-9-13(20)15-14(12)18-16(22-15)19-5-7-21-8-6-19/h2-8,11,15H,9-10H2,1H3,(H,23,27);2-8,11,15H,9-10H2,1H3;1-2,7,10H,3-6,8H2;1-4,12H,5-9H2. The molecule has 0 radical (unpaired) electrons. The van der Waals surface area contributed by atoms with E-state index in [1.165, 1.54) is 45.3 Å². The quantitative estimate of drug-likeness (QED) is 0.151. The topological polar surface area (TPSA) is 191 Å². The summed E-state index contributed by atoms with van der Waals surface area (Å²) >= 11 is 36.2. The Morgan fingerprint density at radius 3 is 1.39 bits per heavy atom. The molecule has 6 aliphatic rings. The van der Waals surface area contributed by atoms with Gasteiger partial charge < -0.3 is 24.6 Å². The van der Waals surface area contributed by atoms with E-state index in [-0.39, 0.29) is 46.9 Å². The summed E-state index contributed by atoms with van der Waals surface area (Å²) < 4.78 is 14.5. The van der Waals surface area contributed by atoms with Crippen molar-refractivity contribution in [3.63, 3.8) is 0 Å². The van der Waals surface area contributed by atoms with Crippen LogP contribution in [0.5, 0.6) is 0 Å². The summed E-state index contributed by atoms with van der Waals surface area (Å²) in [7, 11) is 0. The van der Waals surface area contributed by atoms with Crippen LogP contribution in [0.3, 0.4) is 0 Å². The normalized spacial score (nSPS) is 18.6. The number of hydrogen-bond acceptors (Lipinski definition) is 18. The van der Waals surface area contributed by atoms with Crippen molar-refractivity contribution >= 4 is 153 Å². The van der Waals surface area contributed by atoms with Gasteiger partial charge in [0, 0.05) is 103 Å². The van der Waals surface area contributed by atoms with Gasteiger partial charge in [0.1, 0.15) is 15.0 Å². The summed E-state index contributed by atoms with van der Waals surface area (Å²) in [5.41, 5.74) is 13.9. The Morgan fingerprint density at radius 2 is 0.880 bits per heavy atom. The van der Waals surface area contributed by atoms with Crippen molar-refractivity contribution in [1.29, 1.82) is 0 Å². The van der Waals surface area contributed by atoms with E-state index in [2.05, 4.69) is 25.3 Å². The first kappa shape index (κ1) is 68.0. The average molecular weight is 1510 g/mol. The number of carbonyl (C=O) groups excluding carboxylic acids is 4. The summed E-state index contributed by atoms with van der Waals surface area (Å²) in [4.78, 5) is 75.8. The van der Waals surface area contributed by atoms with Crippen molar-refractivity contribution in [2.45, 2.75) is 76.0 Å². The van der Waals surface area contributed by atoms with E-state index in [1.54, 1.807) is 6.07 Å². The number of thiazole rings is 4. The number of aryl methyl sites for hydroxylation is 2. The van der Waals surface area contributed by atoms with Crippen LogP contribution in [-0.2, 0) is 14.3 Å². The summed E-state index contributed by atoms with van der Waals surface area (Å²) in [6.45, 7) is 10.1. The second-order valence-corrected chi connectivity index (χ2v) is 31.0. The molecule has 2 fully saturated rings. The van der Waals surface area contributed by atoms with Crippen LogP contribution in [0.15, 0.2) is 140 Å². The summed E-state index contributed by atoms with van der Waals surface area (Å²) in [6, 6.07) is 40.9. The van der Waals surface area contributed by atoms with E-state index >= 15 is 0 Å². The van der Waals surface area contributed by atoms with Gasteiger partial charge in [0.15, 0.2) is 27.6 Å². The molecule has 1 amide bonds. The number of nitrogens with one attached hydrogen (secondary N) is 1. The van der Waals surface area contributed by atoms with Crippen molar-refractivity contribution in [2.75, 3.05) is 67.7 Å². The van der Waals surface area contributed by atoms with Crippen LogP contribution in [0.25, 0.3) is 32.2 Å². The molecule has 8 aromatic heterocycles. The van der Waals surface area contributed by atoms with Gasteiger partial charge in [-0.05, 0) is 122 Å². The zero-order chi connectivity index (χ0) is 68.9. The van der Waals surface area contributed by atoms with Crippen molar-refractivity contribution in [3.05, 3.63) is 236 Å². The molecule has 100 heavy (non-hydrogen) atoms. The molecule has 26 heteroatoms. The molecule has 4 atom stereocenters. The third-order valence-corrected chi connectivity index (χ3v) is 24.6. The van der Waals surface area contributed by atoms with Gasteiger partial charge >= 0.3 is 0 Å². The van der Waals surface area contributed by atoms with E-state index in [1.807, 2.05) is 157 Å². The minimum absolute atomic E-state index is 0.0293. The number of halogens is 5. The highest BCUT2D eigenvalue weighted by Crippen LogP contribution is 2.48. The van der Waals surface area contributed by atoms with Crippen molar-refractivity contribution < 1.29 is 28.7 Å². The summed E-state index contributed by atoms with van der Waals surface area (Å²) in [5, 5.41) is 19.8. The van der Waals surface area contributed by atoms with Gasteiger partial charge in [-0.1, -0.05) is 147 Å². The first-order valence-electron chi connectivity index (χ1n) is 32.7. The first-order chi connectivity index (χ1) is 48.6. The molecule has 12 aromatic rings. The number of pyridine rings is 2. The number of benzene rings is 4. The molecule has 11 heterocycles. The fourth-order valence-corrected chi connectivity index (χ4v) is 18.9. The lowest BCUT2D eigenvalue weighted by atomic mass is 9.85. The van der Waals surface area contributed by atoms with Gasteiger partial charge in [-0.3, -0.25) is 19.2 Å². The zero-order valence-corrected chi connectivity index (χ0v) is 61.0. The maximum absolute atomic E-state index is 12.6. The zero-order valence-electron chi connectivity index (χ0n) is 53.9. The monoisotopic (exact) mass is 1500 g/mol. The Hall–Kier alpha value is -7.77. The number of rotatable bonds is 8. The minimum Gasteiger partial charge on any atom is -0.378 e. The molecule has 0 saturated carbocycles. The highest BCUT2D eigenvalue weighted by molar-refractivity contribution is 7.19. The highest BCUT2D eigenvalue weighted by atomic mass is 35.5. The fraction of sp³-hybridized carbons (Fsp3) is 0.270. The first-order valence-corrected chi connectivity index (χ1v) is 37.9. The lowest BCUT2D eigenvalue weighted by molar-refractivity contribution is -0.116. The third kappa shape index (κ3) is 13.9. The molecular formula is C74H62Cl5N11O6S4. The van der Waals surface area contributed by atoms with Crippen LogP contribution in [0.1, 0.15) is 148 Å². The molecule has 0 bridgehead atoms. The van der Waals surface area contributed by atoms with Gasteiger partial charge in [0.25, 0.3) is 0 Å². The van der Waals surface area contributed by atoms with E-state index in [0.717, 1.165) is 171 Å². The van der Waals surface area contributed by atoms with E-state index in [4.69, 9.17) is 87.4 Å². The summed E-state index contributed by atoms with van der Waals surface area (Å²) in [6.07, 6.45) is 7.36. The largest absolute Gasteiger partial charge is 0.378 e. The molecule has 3 aliphatic heterocycles. The highest BCUT2D eigenvalue weighted by Gasteiger charge is 2.39. The van der Waals surface area contributed by atoms with E-state index in [9.17, 15) is 19.2 Å². The second kappa shape index (κ2) is 29.3. The van der Waals surface area contributed by atoms with Gasteiger partial charge in [0.05, 0.1) is 107 Å². The Kier molecular flexibility index (Phi) is 19.9. The molecule has 4 aromatic carbocycles. The Balaban J connectivity index is 0.000000109. The minimum atomic E-state index is -0.0293. The average Bonchev–Trinajstić information content (AvgIpc) is 1.62. The molecule has 4 unspecified atom stereocenters. The van der Waals surface area contributed by atoms with Crippen LogP contribution >= 0.6 is 103 Å². The SMILES string of the molecule is Cc1nn2ccccc2c1-c1nc2c(s1)C(=O)CCC2c1ccc(Cl)cc1.Cc1nn2ccccc2c1-c1nc2c(s1)NC(=O)CCC2c1ccc(Cl)cc1.O=C1CC(c2ccc(Cl)c(Cl)c2)c2nc(N3CCOCC3)sc21.O=C1CC(c2ccc(Cl)cc2)c2nc(N3CCOCC3)sc21. The number of fused-ring (bicyclic) bond motifs is 6. The van der Waals surface area contributed by atoms with Crippen LogP contribution in [0.4, 0.5) is 15.3 Å². The van der Waals surface area contributed by atoms with Gasteiger partial charge in [0.2, 0.25) is 5.91 Å². The molecule has 508 valence electrons. The number of ether oxygens (including phenoxy) is 2. The molecular weight excluding hydrogens is 1440 g/mol. The number of nitrogens with zero attached hydrogens (tertiary/aromatic N) is 10. The molecule has 1 N–H and O–H groups in total. The second-order valence-electron chi connectivity index (χ2n) is 24.9. The number of anilines is 3. The van der Waals surface area contributed by atoms with Crippen molar-refractivity contribution in [2.24, 2.45) is 0 Å². The molecule has 18 rings (SSSR count). The Bertz CT molecular complexity index is 5100. The molecule has 2 saturated heterocycles. The van der Waals surface area contributed by atoms with Gasteiger partial charge in [-0.2, -0.15) is 10.2 Å². The Labute approximate surface area is 616 Å². The van der Waals surface area contributed by atoms with Crippen molar-refractivity contribution in [1.82, 2.24) is 39.2 Å². The van der Waals surface area contributed by atoms with Gasteiger partial charge in [-0.25, -0.2) is 29.0 Å². The maximum Gasteiger partial charge on any atom is 0.225 e. The predicted octanol–water partition coefficient (Wildman–Crippen LogP) is 18.2. The number of Topliss-reactive ketones (excluding diaryl/α,β-unsaturated/α-hetero) is 3. The third-order valence-electron chi connectivity index (χ3n) is 18.6. The number of aromatic nitrogens is 8. The van der Waals surface area contributed by atoms with Crippen LogP contribution < -0.4 is 15.1 Å². The maximum atomic E-state index is 12.6. The lowest BCUT2D eigenvalue weighted by Gasteiger charge is -2.26. The number of carbonyl (C=O) groups is 4. The van der Waals surface area contributed by atoms with Crippen LogP contribution in [-0.4, -0.2) is 115 Å². The number of morpholine rings is 2. The van der Waals surface area contributed by atoms with E-state index < -0.39 is 0 Å². The number of ketones is 3.